The van der Waals surface area contributed by atoms with Crippen LogP contribution < -0.4 is 4.74 Å². The van der Waals surface area contributed by atoms with Crippen LogP contribution in [0.2, 0.25) is 0 Å². The van der Waals surface area contributed by atoms with E-state index in [0.717, 1.165) is 176 Å². The standard InChI is InChI=1S/C76H126N2O10/c1-61-58-62(2)72(66(59-61)88-71(84)36-53-77(50-23-54-79)49-20-14-8-5-11-17-24-68(81)85-55-46-74-37-27-63(28-38-74)29-39-74)73(3,4)60-67(80)78(51-21-15-9-6-12-18-25-69(82)86-56-47-75-40-30-64(31-41-75)32-42-75)52-22-16-10-7-13-19-26-70(83)87-57-48-76-43-33-65(34-44-76)35-45-76/h58-59,63-65,79H,5-57,60H2,1-4H3. The molecule has 0 spiro atoms. The highest BCUT2D eigenvalue weighted by Gasteiger charge is 2.42. The number of fused-ring (bicyclic) bond motifs is 9. The zero-order chi connectivity index (χ0) is 62.5. The lowest BCUT2D eigenvalue weighted by Gasteiger charge is -2.46. The largest absolute Gasteiger partial charge is 0.466 e. The van der Waals surface area contributed by atoms with Gasteiger partial charge in [0.25, 0.3) is 0 Å². The monoisotopic (exact) mass is 1230 g/mol. The van der Waals surface area contributed by atoms with Crippen LogP contribution in [-0.2, 0) is 43.6 Å². The number of esters is 4. The summed E-state index contributed by atoms with van der Waals surface area (Å²) in [7, 11) is 0. The Labute approximate surface area is 535 Å². The van der Waals surface area contributed by atoms with Gasteiger partial charge in [0, 0.05) is 69.4 Å². The first-order valence-corrected chi connectivity index (χ1v) is 37.0. The zero-order valence-corrected chi connectivity index (χ0v) is 56.6. The van der Waals surface area contributed by atoms with Crippen LogP contribution in [0.25, 0.3) is 0 Å². The number of unbranched alkanes of at least 4 members (excludes halogenated alkanes) is 15. The van der Waals surface area contributed by atoms with Gasteiger partial charge in [-0.1, -0.05) is 97.0 Å². The van der Waals surface area contributed by atoms with Crippen LogP contribution in [0.1, 0.15) is 319 Å². The van der Waals surface area contributed by atoms with Crippen molar-refractivity contribution in [2.75, 3.05) is 59.2 Å². The van der Waals surface area contributed by atoms with Gasteiger partial charge in [0.1, 0.15) is 5.75 Å². The number of ether oxygens (including phenoxy) is 4. The molecule has 9 saturated carbocycles. The second-order valence-electron chi connectivity index (χ2n) is 30.5. The number of aryl methyl sites for hydroxylation is 2. The van der Waals surface area contributed by atoms with Crippen molar-refractivity contribution in [2.24, 2.45) is 34.0 Å². The van der Waals surface area contributed by atoms with Gasteiger partial charge in [-0.25, -0.2) is 0 Å². The molecule has 9 aliphatic rings. The SMILES string of the molecule is Cc1cc(C)c(C(C)(C)CC(=O)N(CCCCCCCCC(=O)OCCC23CCC(CC2)CC3)CCCCCCCCC(=O)OCCC23CCC(CC2)CC3)c(OC(=O)CCN(CCCO)CCCCCCCCC(=O)OCCC23CCC(CC2)CC3)c1. The fourth-order valence-corrected chi connectivity index (χ4v) is 17.2. The molecule has 12 nitrogen and oxygen atoms in total. The van der Waals surface area contributed by atoms with E-state index in [1.807, 2.05) is 13.0 Å². The van der Waals surface area contributed by atoms with Gasteiger partial charge in [-0.15, -0.1) is 0 Å². The van der Waals surface area contributed by atoms with Crippen LogP contribution in [0.3, 0.4) is 0 Å². The molecular weight excluding hydrogens is 1100 g/mol. The number of amides is 1. The number of aliphatic hydroxyl groups is 1. The molecule has 6 bridgehead atoms. The summed E-state index contributed by atoms with van der Waals surface area (Å²) in [4.78, 5) is 70.5. The second-order valence-corrected chi connectivity index (χ2v) is 30.5. The molecule has 500 valence electrons. The van der Waals surface area contributed by atoms with Crippen molar-refractivity contribution in [3.8, 4) is 5.75 Å². The average molecular weight is 1230 g/mol. The van der Waals surface area contributed by atoms with E-state index in [2.05, 4.69) is 36.6 Å². The highest BCUT2D eigenvalue weighted by molar-refractivity contribution is 5.79. The summed E-state index contributed by atoms with van der Waals surface area (Å²) >= 11 is 0. The zero-order valence-electron chi connectivity index (χ0n) is 56.6. The third kappa shape index (κ3) is 24.8. The molecular formula is C76H126N2O10. The summed E-state index contributed by atoms with van der Waals surface area (Å²) in [5.41, 5.74) is 3.60. The van der Waals surface area contributed by atoms with Crippen LogP contribution in [0, 0.1) is 47.8 Å². The van der Waals surface area contributed by atoms with Crippen LogP contribution in [0.15, 0.2) is 12.1 Å². The summed E-state index contributed by atoms with van der Waals surface area (Å²) in [5, 5.41) is 9.72. The number of carbonyl (C=O) groups excluding carboxylic acids is 5. The molecule has 0 radical (unpaired) electrons. The first-order valence-electron chi connectivity index (χ1n) is 37.0. The third-order valence-electron chi connectivity index (χ3n) is 23.2. The van der Waals surface area contributed by atoms with Gasteiger partial charge in [-0.05, 0) is 251 Å². The number of benzene rings is 1. The third-order valence-corrected chi connectivity index (χ3v) is 23.2. The van der Waals surface area contributed by atoms with E-state index in [1.54, 1.807) is 0 Å². The molecule has 9 fully saturated rings. The normalized spacial score (nSPS) is 23.8. The Morgan fingerprint density at radius 3 is 1.19 bits per heavy atom. The molecule has 10 rings (SSSR count). The first kappa shape index (κ1) is 71.9. The van der Waals surface area contributed by atoms with E-state index >= 15 is 0 Å². The van der Waals surface area contributed by atoms with E-state index in [-0.39, 0.29) is 42.8 Å². The summed E-state index contributed by atoms with van der Waals surface area (Å²) < 4.78 is 23.4. The quantitative estimate of drug-likeness (QED) is 0.0288. The molecule has 0 saturated heterocycles. The van der Waals surface area contributed by atoms with Gasteiger partial charge in [0.2, 0.25) is 5.91 Å². The minimum atomic E-state index is -0.612. The van der Waals surface area contributed by atoms with Gasteiger partial charge in [-0.3, -0.25) is 24.0 Å². The summed E-state index contributed by atoms with van der Waals surface area (Å²) in [6.07, 6.45) is 48.0. The Kier molecular flexibility index (Phi) is 30.9. The van der Waals surface area contributed by atoms with Crippen molar-refractivity contribution in [2.45, 2.75) is 322 Å². The van der Waals surface area contributed by atoms with Crippen molar-refractivity contribution in [1.82, 2.24) is 9.80 Å². The smallest absolute Gasteiger partial charge is 0.312 e. The van der Waals surface area contributed by atoms with Crippen molar-refractivity contribution >= 4 is 29.8 Å². The van der Waals surface area contributed by atoms with Crippen molar-refractivity contribution in [3.63, 3.8) is 0 Å². The highest BCUT2D eigenvalue weighted by atomic mass is 16.5. The lowest BCUT2D eigenvalue weighted by Crippen LogP contribution is -2.37. The maximum atomic E-state index is 14.6. The highest BCUT2D eigenvalue weighted by Crippen LogP contribution is 2.54. The van der Waals surface area contributed by atoms with Crippen LogP contribution in [0.4, 0.5) is 0 Å². The molecule has 0 unspecified atom stereocenters. The van der Waals surface area contributed by atoms with Crippen molar-refractivity contribution in [1.29, 1.82) is 0 Å². The van der Waals surface area contributed by atoms with E-state index in [4.69, 9.17) is 18.9 Å². The summed E-state index contributed by atoms with van der Waals surface area (Å²) in [5.74, 6) is 3.06. The Morgan fingerprint density at radius 2 is 0.807 bits per heavy atom. The van der Waals surface area contributed by atoms with E-state index < -0.39 is 5.41 Å². The Morgan fingerprint density at radius 1 is 0.455 bits per heavy atom. The minimum Gasteiger partial charge on any atom is -0.466 e. The van der Waals surface area contributed by atoms with Gasteiger partial charge in [0.05, 0.1) is 26.2 Å². The van der Waals surface area contributed by atoms with E-state index in [1.165, 1.54) is 116 Å². The molecule has 12 heteroatoms. The van der Waals surface area contributed by atoms with Crippen LogP contribution >= 0.6 is 0 Å². The van der Waals surface area contributed by atoms with Gasteiger partial charge >= 0.3 is 23.9 Å². The molecule has 88 heavy (non-hydrogen) atoms. The van der Waals surface area contributed by atoms with Gasteiger partial charge < -0.3 is 33.9 Å². The fourth-order valence-electron chi connectivity index (χ4n) is 17.2. The Hall–Kier alpha value is -3.51. The summed E-state index contributed by atoms with van der Waals surface area (Å²) in [6.45, 7) is 13.6. The Bertz CT molecular complexity index is 2130. The van der Waals surface area contributed by atoms with Crippen LogP contribution in [0.5, 0.6) is 5.75 Å². The molecule has 9 aliphatic carbocycles. The molecule has 0 heterocycles. The number of hydrogen-bond acceptors (Lipinski definition) is 11. The number of carbonyl (C=O) groups is 5. The molecule has 1 aromatic rings. The van der Waals surface area contributed by atoms with Crippen molar-refractivity contribution < 1.29 is 48.0 Å². The van der Waals surface area contributed by atoms with Gasteiger partial charge in [0.15, 0.2) is 0 Å². The van der Waals surface area contributed by atoms with Crippen molar-refractivity contribution in [3.05, 3.63) is 28.8 Å². The lowest BCUT2D eigenvalue weighted by molar-refractivity contribution is -0.146. The predicted molar refractivity (Wildman–Crippen MR) is 353 cm³/mol. The topological polar surface area (TPSA) is 149 Å². The molecule has 1 amide bonds. The van der Waals surface area contributed by atoms with E-state index in [9.17, 15) is 29.1 Å². The number of nitrogens with zero attached hydrogens (tertiary/aromatic N) is 2. The second kappa shape index (κ2) is 37.9. The molecule has 1 N–H and O–H groups in total. The number of hydrogen-bond donors (Lipinski definition) is 1. The van der Waals surface area contributed by atoms with Crippen LogP contribution in [-0.4, -0.2) is 104 Å². The Balaban J connectivity index is 0.808. The maximum Gasteiger partial charge on any atom is 0.312 e. The fraction of sp³-hybridized carbons (Fsp3) is 0.855. The molecule has 0 aromatic heterocycles. The lowest BCUT2D eigenvalue weighted by atomic mass is 9.59. The molecule has 0 atom stereocenters. The maximum absolute atomic E-state index is 14.6. The number of rotatable bonds is 46. The average Bonchev–Trinajstić information content (AvgIpc) is 2.23. The first-order chi connectivity index (χ1) is 42.6. The summed E-state index contributed by atoms with van der Waals surface area (Å²) in [6, 6.07) is 4.07. The van der Waals surface area contributed by atoms with Gasteiger partial charge in [-0.2, -0.15) is 0 Å². The molecule has 0 aliphatic heterocycles. The number of aliphatic hydroxyl groups excluding tert-OH is 1. The molecule has 1 aromatic carbocycles. The van der Waals surface area contributed by atoms with E-state index in [0.29, 0.717) is 100 Å². The minimum absolute atomic E-state index is 0.0425. The predicted octanol–water partition coefficient (Wildman–Crippen LogP) is 17.7.